The highest BCUT2D eigenvalue weighted by Crippen LogP contribution is 2.27. The van der Waals surface area contributed by atoms with Gasteiger partial charge in [-0.05, 0) is 52.3 Å². The predicted molar refractivity (Wildman–Crippen MR) is 86.1 cm³/mol. The van der Waals surface area contributed by atoms with Crippen molar-refractivity contribution >= 4 is 10.9 Å². The monoisotopic (exact) mass is 281 g/mol. The van der Waals surface area contributed by atoms with Crippen LogP contribution in [-0.4, -0.2) is 4.57 Å². The second kappa shape index (κ2) is 5.03. The van der Waals surface area contributed by atoms with Crippen LogP contribution in [0.15, 0.2) is 54.7 Å². The third kappa shape index (κ3) is 2.85. The lowest BCUT2D eigenvalue weighted by molar-refractivity contribution is 0.591. The van der Waals surface area contributed by atoms with Crippen molar-refractivity contribution in [1.82, 2.24) is 4.57 Å². The normalized spacial score (nSPS) is 12.0. The van der Waals surface area contributed by atoms with Gasteiger partial charge in [-0.3, -0.25) is 0 Å². The van der Waals surface area contributed by atoms with Gasteiger partial charge in [-0.1, -0.05) is 39.0 Å². The average Bonchev–Trinajstić information content (AvgIpc) is 2.80. The van der Waals surface area contributed by atoms with Crippen molar-refractivity contribution in [3.8, 4) is 0 Å². The number of aromatic nitrogens is 1. The fraction of sp³-hybridized carbons (Fsp3) is 0.263. The predicted octanol–water partition coefficient (Wildman–Crippen LogP) is 5.13. The molecule has 21 heavy (non-hydrogen) atoms. The molecule has 3 aromatic rings. The van der Waals surface area contributed by atoms with E-state index in [1.807, 2.05) is 6.07 Å². The SMILES string of the molecule is CC(C)(C)c1ccc2c(ccn2Cc2cccc(F)c2)c1. The molecule has 108 valence electrons. The number of nitrogens with zero attached hydrogens (tertiary/aromatic N) is 1. The molecule has 0 aliphatic heterocycles. The minimum absolute atomic E-state index is 0.152. The van der Waals surface area contributed by atoms with Crippen molar-refractivity contribution in [3.63, 3.8) is 0 Å². The molecule has 0 spiro atoms. The molecule has 0 fully saturated rings. The lowest BCUT2D eigenvalue weighted by Crippen LogP contribution is -2.10. The van der Waals surface area contributed by atoms with Crippen LogP contribution >= 0.6 is 0 Å². The molecule has 0 saturated heterocycles. The number of benzene rings is 2. The van der Waals surface area contributed by atoms with Gasteiger partial charge in [-0.25, -0.2) is 4.39 Å². The minimum atomic E-state index is -0.181. The zero-order chi connectivity index (χ0) is 15.0. The Morgan fingerprint density at radius 2 is 1.81 bits per heavy atom. The summed E-state index contributed by atoms with van der Waals surface area (Å²) in [5.74, 6) is -0.181. The maximum absolute atomic E-state index is 13.3. The standard InChI is InChI=1S/C19H20FN/c1-19(2,3)16-7-8-18-15(12-16)9-10-21(18)13-14-5-4-6-17(20)11-14/h4-12H,13H2,1-3H3. The van der Waals surface area contributed by atoms with E-state index in [2.05, 4.69) is 55.8 Å². The van der Waals surface area contributed by atoms with Crippen molar-refractivity contribution in [3.05, 3.63) is 71.7 Å². The summed E-state index contributed by atoms with van der Waals surface area (Å²) < 4.78 is 15.4. The first-order valence-corrected chi connectivity index (χ1v) is 7.27. The minimum Gasteiger partial charge on any atom is -0.343 e. The van der Waals surface area contributed by atoms with Gasteiger partial charge in [0.25, 0.3) is 0 Å². The van der Waals surface area contributed by atoms with Crippen molar-refractivity contribution in [2.24, 2.45) is 0 Å². The van der Waals surface area contributed by atoms with Crippen LogP contribution in [0.3, 0.4) is 0 Å². The summed E-state index contributed by atoms with van der Waals surface area (Å²) in [5, 5.41) is 1.24. The van der Waals surface area contributed by atoms with Gasteiger partial charge in [0.2, 0.25) is 0 Å². The van der Waals surface area contributed by atoms with Crippen LogP contribution in [0.25, 0.3) is 10.9 Å². The highest BCUT2D eigenvalue weighted by atomic mass is 19.1. The molecule has 1 nitrogen and oxygen atoms in total. The Labute approximate surface area is 125 Å². The molecule has 1 aromatic heterocycles. The maximum Gasteiger partial charge on any atom is 0.123 e. The zero-order valence-electron chi connectivity index (χ0n) is 12.7. The van der Waals surface area contributed by atoms with E-state index in [0.29, 0.717) is 6.54 Å². The Balaban J connectivity index is 1.97. The Morgan fingerprint density at radius 1 is 1.00 bits per heavy atom. The summed E-state index contributed by atoms with van der Waals surface area (Å²) in [5.41, 5.74) is 3.65. The van der Waals surface area contributed by atoms with Gasteiger partial charge in [0, 0.05) is 18.3 Å². The largest absolute Gasteiger partial charge is 0.343 e. The number of halogens is 1. The zero-order valence-corrected chi connectivity index (χ0v) is 12.7. The summed E-state index contributed by atoms with van der Waals surface area (Å²) in [4.78, 5) is 0. The quantitative estimate of drug-likeness (QED) is 0.614. The van der Waals surface area contributed by atoms with Gasteiger partial charge in [0.1, 0.15) is 5.82 Å². The molecule has 0 radical (unpaired) electrons. The van der Waals surface area contributed by atoms with Gasteiger partial charge in [0.05, 0.1) is 0 Å². The number of hydrogen-bond acceptors (Lipinski definition) is 0. The Kier molecular flexibility index (Phi) is 3.32. The van der Waals surface area contributed by atoms with E-state index >= 15 is 0 Å². The highest BCUT2D eigenvalue weighted by molar-refractivity contribution is 5.81. The molecule has 2 heteroatoms. The number of hydrogen-bond donors (Lipinski definition) is 0. The van der Waals surface area contributed by atoms with E-state index in [-0.39, 0.29) is 11.2 Å². The molecule has 2 aromatic carbocycles. The van der Waals surface area contributed by atoms with Crippen LogP contribution in [0.4, 0.5) is 4.39 Å². The van der Waals surface area contributed by atoms with E-state index in [1.54, 1.807) is 12.1 Å². The maximum atomic E-state index is 13.3. The van der Waals surface area contributed by atoms with Gasteiger partial charge in [0.15, 0.2) is 0 Å². The van der Waals surface area contributed by atoms with Crippen molar-refractivity contribution in [2.75, 3.05) is 0 Å². The molecule has 0 N–H and O–H groups in total. The topological polar surface area (TPSA) is 4.93 Å². The molecule has 3 rings (SSSR count). The smallest absolute Gasteiger partial charge is 0.123 e. The van der Waals surface area contributed by atoms with E-state index in [9.17, 15) is 4.39 Å². The molecule has 0 unspecified atom stereocenters. The van der Waals surface area contributed by atoms with Crippen LogP contribution in [0, 0.1) is 5.82 Å². The van der Waals surface area contributed by atoms with E-state index in [1.165, 1.54) is 22.5 Å². The first-order chi connectivity index (χ1) is 9.93. The number of fused-ring (bicyclic) bond motifs is 1. The van der Waals surface area contributed by atoms with Crippen molar-refractivity contribution in [1.29, 1.82) is 0 Å². The molecule has 0 aliphatic rings. The fourth-order valence-corrected chi connectivity index (χ4v) is 2.64. The lowest BCUT2D eigenvalue weighted by Gasteiger charge is -2.19. The first-order valence-electron chi connectivity index (χ1n) is 7.27. The van der Waals surface area contributed by atoms with E-state index in [4.69, 9.17) is 0 Å². The lowest BCUT2D eigenvalue weighted by atomic mass is 9.86. The Morgan fingerprint density at radius 3 is 2.52 bits per heavy atom. The van der Waals surface area contributed by atoms with E-state index in [0.717, 1.165) is 5.56 Å². The van der Waals surface area contributed by atoms with Crippen LogP contribution in [-0.2, 0) is 12.0 Å². The molecule has 0 bridgehead atoms. The van der Waals surface area contributed by atoms with Gasteiger partial charge in [-0.2, -0.15) is 0 Å². The first kappa shape index (κ1) is 13.9. The second-order valence-corrected chi connectivity index (χ2v) is 6.60. The van der Waals surface area contributed by atoms with Gasteiger partial charge < -0.3 is 4.57 Å². The van der Waals surface area contributed by atoms with Crippen molar-refractivity contribution in [2.45, 2.75) is 32.7 Å². The third-order valence-electron chi connectivity index (χ3n) is 3.88. The summed E-state index contributed by atoms with van der Waals surface area (Å²) >= 11 is 0. The molecule has 0 amide bonds. The summed E-state index contributed by atoms with van der Waals surface area (Å²) in [7, 11) is 0. The summed E-state index contributed by atoms with van der Waals surface area (Å²) in [6.45, 7) is 7.35. The molecule has 1 heterocycles. The van der Waals surface area contributed by atoms with Crippen LogP contribution in [0.1, 0.15) is 31.9 Å². The molecule has 0 aliphatic carbocycles. The third-order valence-corrected chi connectivity index (χ3v) is 3.88. The summed E-state index contributed by atoms with van der Waals surface area (Å²) in [6.07, 6.45) is 2.07. The molecule has 0 saturated carbocycles. The molecule has 0 atom stereocenters. The van der Waals surface area contributed by atoms with Crippen LogP contribution in [0.5, 0.6) is 0 Å². The average molecular weight is 281 g/mol. The van der Waals surface area contributed by atoms with E-state index < -0.39 is 0 Å². The molecular formula is C19H20FN. The Hall–Kier alpha value is -2.09. The van der Waals surface area contributed by atoms with Crippen molar-refractivity contribution < 1.29 is 4.39 Å². The highest BCUT2D eigenvalue weighted by Gasteiger charge is 2.14. The summed E-state index contributed by atoms with van der Waals surface area (Å²) in [6, 6.07) is 15.5. The van der Waals surface area contributed by atoms with Crippen LogP contribution < -0.4 is 0 Å². The van der Waals surface area contributed by atoms with Crippen LogP contribution in [0.2, 0.25) is 0 Å². The van der Waals surface area contributed by atoms with Gasteiger partial charge in [-0.15, -0.1) is 0 Å². The number of rotatable bonds is 2. The fourth-order valence-electron chi connectivity index (χ4n) is 2.64. The Bertz CT molecular complexity index is 778. The second-order valence-electron chi connectivity index (χ2n) is 6.60. The van der Waals surface area contributed by atoms with Gasteiger partial charge >= 0.3 is 0 Å². The molecular weight excluding hydrogens is 261 g/mol.